The summed E-state index contributed by atoms with van der Waals surface area (Å²) in [5, 5.41) is 3.98. The maximum atomic E-state index is 11.4. The van der Waals surface area contributed by atoms with Gasteiger partial charge in [0, 0.05) is 6.20 Å². The molecule has 0 aromatic carbocycles. The zero-order valence-electron chi connectivity index (χ0n) is 9.34. The van der Waals surface area contributed by atoms with E-state index in [4.69, 9.17) is 0 Å². The Morgan fingerprint density at radius 3 is 2.59 bits per heavy atom. The quantitative estimate of drug-likeness (QED) is 0.722. The Labute approximate surface area is 96.7 Å². The Kier molecular flexibility index (Phi) is 2.78. The number of esters is 2. The van der Waals surface area contributed by atoms with Crippen molar-refractivity contribution in [1.82, 2.24) is 9.61 Å². The Bertz CT molecular complexity index is 588. The molecule has 2 heterocycles. The zero-order valence-corrected chi connectivity index (χ0v) is 9.34. The standard InChI is InChI=1S/C11H10N2O4/c1-16-10(14)7-3-4-13-9(5-7)8(6-12-13)11(15)17-2/h3-6H,1-2H3. The molecule has 0 N–H and O–H groups in total. The van der Waals surface area contributed by atoms with Crippen molar-refractivity contribution in [2.45, 2.75) is 0 Å². The monoisotopic (exact) mass is 234 g/mol. The van der Waals surface area contributed by atoms with E-state index in [0.29, 0.717) is 16.6 Å². The van der Waals surface area contributed by atoms with Crippen LogP contribution in [-0.4, -0.2) is 35.8 Å². The third-order valence-corrected chi connectivity index (χ3v) is 2.35. The van der Waals surface area contributed by atoms with Crippen LogP contribution >= 0.6 is 0 Å². The molecule has 0 saturated heterocycles. The van der Waals surface area contributed by atoms with Crippen LogP contribution in [0.3, 0.4) is 0 Å². The number of carbonyl (C=O) groups excluding carboxylic acids is 2. The van der Waals surface area contributed by atoms with E-state index >= 15 is 0 Å². The minimum absolute atomic E-state index is 0.304. The normalized spacial score (nSPS) is 10.2. The molecule has 0 aliphatic rings. The van der Waals surface area contributed by atoms with E-state index in [-0.39, 0.29) is 0 Å². The lowest BCUT2D eigenvalue weighted by Gasteiger charge is -2.01. The number of pyridine rings is 1. The van der Waals surface area contributed by atoms with E-state index in [0.717, 1.165) is 0 Å². The fourth-order valence-corrected chi connectivity index (χ4v) is 1.49. The molecular weight excluding hydrogens is 224 g/mol. The van der Waals surface area contributed by atoms with Crippen LogP contribution in [0, 0.1) is 0 Å². The van der Waals surface area contributed by atoms with Crippen LogP contribution in [0.15, 0.2) is 24.5 Å². The number of fused-ring (bicyclic) bond motifs is 1. The summed E-state index contributed by atoms with van der Waals surface area (Å²) in [5.74, 6) is -0.966. The highest BCUT2D eigenvalue weighted by Crippen LogP contribution is 2.14. The van der Waals surface area contributed by atoms with Crippen LogP contribution < -0.4 is 0 Å². The number of hydrogen-bond acceptors (Lipinski definition) is 5. The summed E-state index contributed by atoms with van der Waals surface area (Å²) in [4.78, 5) is 22.8. The SMILES string of the molecule is COC(=O)c1ccn2ncc(C(=O)OC)c2c1. The number of methoxy groups -OCH3 is 2. The van der Waals surface area contributed by atoms with E-state index < -0.39 is 11.9 Å². The molecule has 0 unspecified atom stereocenters. The summed E-state index contributed by atoms with van der Waals surface area (Å²) in [6.45, 7) is 0. The molecule has 0 aliphatic heterocycles. The van der Waals surface area contributed by atoms with E-state index in [1.165, 1.54) is 31.0 Å². The average Bonchev–Trinajstić information content (AvgIpc) is 2.79. The minimum atomic E-state index is -0.498. The Morgan fingerprint density at radius 1 is 1.24 bits per heavy atom. The molecule has 6 heteroatoms. The first-order valence-electron chi connectivity index (χ1n) is 4.81. The van der Waals surface area contributed by atoms with Gasteiger partial charge in [-0.2, -0.15) is 5.10 Å². The van der Waals surface area contributed by atoms with Crippen molar-refractivity contribution in [3.63, 3.8) is 0 Å². The third kappa shape index (κ3) is 1.84. The predicted octanol–water partition coefficient (Wildman–Crippen LogP) is 0.907. The van der Waals surface area contributed by atoms with Gasteiger partial charge in [0.15, 0.2) is 0 Å². The second-order valence-electron chi connectivity index (χ2n) is 3.29. The largest absolute Gasteiger partial charge is 0.465 e. The van der Waals surface area contributed by atoms with Gasteiger partial charge in [-0.05, 0) is 12.1 Å². The number of hydrogen-bond donors (Lipinski definition) is 0. The average molecular weight is 234 g/mol. The van der Waals surface area contributed by atoms with Crippen LogP contribution in [-0.2, 0) is 9.47 Å². The number of aromatic nitrogens is 2. The smallest absolute Gasteiger partial charge is 0.341 e. The molecule has 2 aromatic rings. The second-order valence-corrected chi connectivity index (χ2v) is 3.29. The molecule has 2 aromatic heterocycles. The first-order chi connectivity index (χ1) is 8.17. The van der Waals surface area contributed by atoms with E-state index in [1.54, 1.807) is 12.3 Å². The van der Waals surface area contributed by atoms with Crippen molar-refractivity contribution in [3.05, 3.63) is 35.7 Å². The summed E-state index contributed by atoms with van der Waals surface area (Å²) in [5.41, 5.74) is 1.16. The summed E-state index contributed by atoms with van der Waals surface area (Å²) in [7, 11) is 2.58. The maximum Gasteiger partial charge on any atom is 0.341 e. The van der Waals surface area contributed by atoms with Gasteiger partial charge in [0.25, 0.3) is 0 Å². The first kappa shape index (κ1) is 11.1. The Morgan fingerprint density at radius 2 is 1.94 bits per heavy atom. The van der Waals surface area contributed by atoms with Crippen molar-refractivity contribution >= 4 is 17.5 Å². The Hall–Kier alpha value is -2.37. The predicted molar refractivity (Wildman–Crippen MR) is 57.9 cm³/mol. The molecule has 0 fully saturated rings. The Balaban J connectivity index is 2.58. The third-order valence-electron chi connectivity index (χ3n) is 2.35. The van der Waals surface area contributed by atoms with Gasteiger partial charge >= 0.3 is 11.9 Å². The molecule has 17 heavy (non-hydrogen) atoms. The van der Waals surface area contributed by atoms with Crippen molar-refractivity contribution < 1.29 is 19.1 Å². The lowest BCUT2D eigenvalue weighted by Crippen LogP contribution is -2.04. The summed E-state index contributed by atoms with van der Waals surface area (Å²) < 4.78 is 10.7. The van der Waals surface area contributed by atoms with Gasteiger partial charge in [-0.3, -0.25) is 0 Å². The molecular formula is C11H10N2O4. The van der Waals surface area contributed by atoms with Crippen molar-refractivity contribution in [2.75, 3.05) is 14.2 Å². The van der Waals surface area contributed by atoms with Gasteiger partial charge in [-0.15, -0.1) is 0 Å². The summed E-state index contributed by atoms with van der Waals surface area (Å²) in [6.07, 6.45) is 2.97. The first-order valence-corrected chi connectivity index (χ1v) is 4.81. The molecule has 0 saturated carbocycles. The number of rotatable bonds is 2. The fraction of sp³-hybridized carbons (Fsp3) is 0.182. The highest BCUT2D eigenvalue weighted by molar-refractivity contribution is 5.98. The molecule has 6 nitrogen and oxygen atoms in total. The molecule has 88 valence electrons. The minimum Gasteiger partial charge on any atom is -0.465 e. The topological polar surface area (TPSA) is 69.9 Å². The lowest BCUT2D eigenvalue weighted by molar-refractivity contribution is 0.0590. The molecule has 0 atom stereocenters. The molecule has 0 spiro atoms. The number of ether oxygens (including phenoxy) is 2. The highest BCUT2D eigenvalue weighted by Gasteiger charge is 2.15. The molecule has 0 radical (unpaired) electrons. The summed E-state index contributed by atoms with van der Waals surface area (Å²) in [6, 6.07) is 3.10. The summed E-state index contributed by atoms with van der Waals surface area (Å²) >= 11 is 0. The fourth-order valence-electron chi connectivity index (χ4n) is 1.49. The van der Waals surface area contributed by atoms with Crippen LogP contribution in [0.5, 0.6) is 0 Å². The molecule has 0 aliphatic carbocycles. The van der Waals surface area contributed by atoms with Crippen molar-refractivity contribution in [2.24, 2.45) is 0 Å². The maximum absolute atomic E-state index is 11.4. The van der Waals surface area contributed by atoms with Gasteiger partial charge in [0.1, 0.15) is 5.56 Å². The highest BCUT2D eigenvalue weighted by atomic mass is 16.5. The van der Waals surface area contributed by atoms with Gasteiger partial charge in [0.2, 0.25) is 0 Å². The van der Waals surface area contributed by atoms with Crippen LogP contribution in [0.2, 0.25) is 0 Å². The number of nitrogens with zero attached hydrogens (tertiary/aromatic N) is 2. The van der Waals surface area contributed by atoms with Crippen LogP contribution in [0.25, 0.3) is 5.52 Å². The number of carbonyl (C=O) groups is 2. The molecule has 0 amide bonds. The van der Waals surface area contributed by atoms with E-state index in [1.807, 2.05) is 0 Å². The van der Waals surface area contributed by atoms with Gasteiger partial charge in [-0.25, -0.2) is 14.1 Å². The lowest BCUT2D eigenvalue weighted by atomic mass is 10.2. The van der Waals surface area contributed by atoms with Crippen LogP contribution in [0.4, 0.5) is 0 Å². The molecule has 2 rings (SSSR count). The second kappa shape index (κ2) is 4.25. The van der Waals surface area contributed by atoms with Gasteiger partial charge in [-0.1, -0.05) is 0 Å². The molecule has 0 bridgehead atoms. The van der Waals surface area contributed by atoms with Crippen molar-refractivity contribution in [3.8, 4) is 0 Å². The van der Waals surface area contributed by atoms with Crippen LogP contribution in [0.1, 0.15) is 20.7 Å². The van der Waals surface area contributed by atoms with Crippen molar-refractivity contribution in [1.29, 1.82) is 0 Å². The van der Waals surface area contributed by atoms with Gasteiger partial charge < -0.3 is 9.47 Å². The van der Waals surface area contributed by atoms with E-state index in [2.05, 4.69) is 14.6 Å². The van der Waals surface area contributed by atoms with E-state index in [9.17, 15) is 9.59 Å². The van der Waals surface area contributed by atoms with Gasteiger partial charge in [0.05, 0.1) is 31.5 Å². The zero-order chi connectivity index (χ0) is 12.4.